The molecule has 0 aliphatic heterocycles. The number of rotatable bonds is 8. The second kappa shape index (κ2) is 8.06. The Bertz CT molecular complexity index is 324. The molecular weight excluding hydrogens is 226 g/mol. The minimum atomic E-state index is 0.480. The van der Waals surface area contributed by atoms with Crippen molar-refractivity contribution in [1.82, 2.24) is 10.3 Å². The predicted molar refractivity (Wildman–Crippen MR) is 76.0 cm³/mol. The highest BCUT2D eigenvalue weighted by molar-refractivity contribution is 5.40. The summed E-state index contributed by atoms with van der Waals surface area (Å²) in [7, 11) is 1.71. The summed E-state index contributed by atoms with van der Waals surface area (Å²) in [5.41, 5.74) is 1.20. The maximum atomic E-state index is 4.99. The minimum absolute atomic E-state index is 0.480. The van der Waals surface area contributed by atoms with E-state index in [1.165, 1.54) is 5.56 Å². The lowest BCUT2D eigenvalue weighted by molar-refractivity contribution is 0.199. The third kappa shape index (κ3) is 4.63. The zero-order valence-electron chi connectivity index (χ0n) is 11.9. The van der Waals surface area contributed by atoms with Crippen LogP contribution in [0.2, 0.25) is 0 Å². The van der Waals surface area contributed by atoms with Crippen molar-refractivity contribution in [3.05, 3.63) is 23.9 Å². The first-order chi connectivity index (χ1) is 8.69. The zero-order chi connectivity index (χ0) is 13.4. The highest BCUT2D eigenvalue weighted by Gasteiger charge is 2.08. The SMILES string of the molecule is CCN(c1ccc(CNCCOC)cn1)C(C)C. The molecule has 1 heterocycles. The summed E-state index contributed by atoms with van der Waals surface area (Å²) in [5.74, 6) is 1.05. The topological polar surface area (TPSA) is 37.4 Å². The van der Waals surface area contributed by atoms with Gasteiger partial charge in [0.1, 0.15) is 5.82 Å². The van der Waals surface area contributed by atoms with Crippen LogP contribution in [0.15, 0.2) is 18.3 Å². The van der Waals surface area contributed by atoms with Gasteiger partial charge in [-0.05, 0) is 32.4 Å². The molecule has 0 unspecified atom stereocenters. The van der Waals surface area contributed by atoms with E-state index in [0.717, 1.165) is 32.1 Å². The fraction of sp³-hybridized carbons (Fsp3) is 0.643. The molecule has 0 aromatic carbocycles. The Kier molecular flexibility index (Phi) is 6.68. The van der Waals surface area contributed by atoms with Crippen LogP contribution in [0, 0.1) is 0 Å². The lowest BCUT2D eigenvalue weighted by Gasteiger charge is -2.26. The van der Waals surface area contributed by atoms with E-state index in [-0.39, 0.29) is 0 Å². The predicted octanol–water partition coefficient (Wildman–Crippen LogP) is 2.05. The molecule has 0 saturated heterocycles. The smallest absolute Gasteiger partial charge is 0.128 e. The molecule has 1 N–H and O–H groups in total. The van der Waals surface area contributed by atoms with E-state index < -0.39 is 0 Å². The number of ether oxygens (including phenoxy) is 1. The van der Waals surface area contributed by atoms with Crippen LogP contribution in [-0.2, 0) is 11.3 Å². The Labute approximate surface area is 110 Å². The van der Waals surface area contributed by atoms with Gasteiger partial charge in [-0.15, -0.1) is 0 Å². The number of methoxy groups -OCH3 is 1. The molecule has 0 atom stereocenters. The van der Waals surface area contributed by atoms with Crippen LogP contribution in [0.3, 0.4) is 0 Å². The molecule has 4 heteroatoms. The molecule has 4 nitrogen and oxygen atoms in total. The summed E-state index contributed by atoms with van der Waals surface area (Å²) < 4.78 is 4.99. The Balaban J connectivity index is 2.51. The number of aromatic nitrogens is 1. The largest absolute Gasteiger partial charge is 0.383 e. The molecule has 0 aliphatic carbocycles. The zero-order valence-corrected chi connectivity index (χ0v) is 11.9. The normalized spacial score (nSPS) is 10.9. The van der Waals surface area contributed by atoms with Crippen molar-refractivity contribution in [1.29, 1.82) is 0 Å². The lowest BCUT2D eigenvalue weighted by Crippen LogP contribution is -2.31. The van der Waals surface area contributed by atoms with Gasteiger partial charge in [0.25, 0.3) is 0 Å². The van der Waals surface area contributed by atoms with E-state index >= 15 is 0 Å². The molecule has 0 bridgehead atoms. The van der Waals surface area contributed by atoms with E-state index in [2.05, 4.69) is 48.1 Å². The standard InChI is InChI=1S/C14H25N3O/c1-5-17(12(2)3)14-7-6-13(11-16-14)10-15-8-9-18-4/h6-7,11-12,15H,5,8-10H2,1-4H3. The molecule has 0 aliphatic rings. The first-order valence-corrected chi connectivity index (χ1v) is 6.60. The van der Waals surface area contributed by atoms with Gasteiger partial charge in [0.05, 0.1) is 6.61 Å². The van der Waals surface area contributed by atoms with Crippen LogP contribution in [0.4, 0.5) is 5.82 Å². The van der Waals surface area contributed by atoms with Gasteiger partial charge in [-0.2, -0.15) is 0 Å². The maximum Gasteiger partial charge on any atom is 0.128 e. The molecule has 1 aromatic heterocycles. The van der Waals surface area contributed by atoms with Crippen LogP contribution < -0.4 is 10.2 Å². The van der Waals surface area contributed by atoms with E-state index in [1.54, 1.807) is 7.11 Å². The fourth-order valence-electron chi connectivity index (χ4n) is 1.89. The molecule has 102 valence electrons. The minimum Gasteiger partial charge on any atom is -0.383 e. The number of hydrogen-bond acceptors (Lipinski definition) is 4. The van der Waals surface area contributed by atoms with E-state index in [0.29, 0.717) is 6.04 Å². The monoisotopic (exact) mass is 251 g/mol. The van der Waals surface area contributed by atoms with E-state index in [1.807, 2.05) is 6.20 Å². The summed E-state index contributed by atoms with van der Waals surface area (Å²) in [4.78, 5) is 6.80. The second-order valence-electron chi connectivity index (χ2n) is 4.57. The van der Waals surface area contributed by atoms with Crippen molar-refractivity contribution in [2.75, 3.05) is 31.7 Å². The van der Waals surface area contributed by atoms with Crippen LogP contribution in [0.1, 0.15) is 26.3 Å². The number of hydrogen-bond donors (Lipinski definition) is 1. The van der Waals surface area contributed by atoms with Crippen molar-refractivity contribution in [2.45, 2.75) is 33.4 Å². The number of anilines is 1. The molecule has 0 amide bonds. The van der Waals surface area contributed by atoms with Crippen molar-refractivity contribution in [3.63, 3.8) is 0 Å². The Morgan fingerprint density at radius 2 is 2.17 bits per heavy atom. The summed E-state index contributed by atoms with van der Waals surface area (Å²) in [6.07, 6.45) is 1.94. The summed E-state index contributed by atoms with van der Waals surface area (Å²) in [6, 6.07) is 4.71. The average molecular weight is 251 g/mol. The van der Waals surface area contributed by atoms with E-state index in [4.69, 9.17) is 4.74 Å². The quantitative estimate of drug-likeness (QED) is 0.718. The fourth-order valence-corrected chi connectivity index (χ4v) is 1.89. The first-order valence-electron chi connectivity index (χ1n) is 6.60. The van der Waals surface area contributed by atoms with Crippen molar-refractivity contribution in [2.24, 2.45) is 0 Å². The summed E-state index contributed by atoms with van der Waals surface area (Å²) in [5, 5.41) is 3.31. The van der Waals surface area contributed by atoms with Gasteiger partial charge >= 0.3 is 0 Å². The van der Waals surface area contributed by atoms with Gasteiger partial charge in [0, 0.05) is 39.0 Å². The van der Waals surface area contributed by atoms with E-state index in [9.17, 15) is 0 Å². The number of nitrogens with one attached hydrogen (secondary N) is 1. The molecule has 18 heavy (non-hydrogen) atoms. The second-order valence-corrected chi connectivity index (χ2v) is 4.57. The highest BCUT2D eigenvalue weighted by atomic mass is 16.5. The highest BCUT2D eigenvalue weighted by Crippen LogP contribution is 2.13. The van der Waals surface area contributed by atoms with Gasteiger partial charge in [-0.1, -0.05) is 6.07 Å². The third-order valence-electron chi connectivity index (χ3n) is 2.88. The van der Waals surface area contributed by atoms with Gasteiger partial charge in [0.15, 0.2) is 0 Å². The van der Waals surface area contributed by atoms with Crippen molar-refractivity contribution in [3.8, 4) is 0 Å². The Morgan fingerprint density at radius 3 is 2.67 bits per heavy atom. The summed E-state index contributed by atoms with van der Waals surface area (Å²) >= 11 is 0. The Morgan fingerprint density at radius 1 is 1.39 bits per heavy atom. The lowest BCUT2D eigenvalue weighted by atomic mass is 10.2. The third-order valence-corrected chi connectivity index (χ3v) is 2.88. The molecular formula is C14H25N3O. The van der Waals surface area contributed by atoms with Crippen LogP contribution in [0.25, 0.3) is 0 Å². The number of nitrogens with zero attached hydrogens (tertiary/aromatic N) is 2. The molecule has 1 rings (SSSR count). The van der Waals surface area contributed by atoms with Gasteiger partial charge < -0.3 is 15.0 Å². The first kappa shape index (κ1) is 14.9. The molecule has 0 saturated carbocycles. The van der Waals surface area contributed by atoms with Crippen molar-refractivity contribution < 1.29 is 4.74 Å². The summed E-state index contributed by atoms with van der Waals surface area (Å²) in [6.45, 7) is 9.95. The number of pyridine rings is 1. The van der Waals surface area contributed by atoms with Gasteiger partial charge in [-0.25, -0.2) is 4.98 Å². The van der Waals surface area contributed by atoms with Crippen LogP contribution in [-0.4, -0.2) is 37.8 Å². The van der Waals surface area contributed by atoms with Crippen molar-refractivity contribution >= 4 is 5.82 Å². The van der Waals surface area contributed by atoms with Gasteiger partial charge in [-0.3, -0.25) is 0 Å². The average Bonchev–Trinajstić information content (AvgIpc) is 2.37. The maximum absolute atomic E-state index is 4.99. The van der Waals surface area contributed by atoms with Gasteiger partial charge in [0.2, 0.25) is 0 Å². The molecule has 0 fully saturated rings. The molecule has 1 aromatic rings. The van der Waals surface area contributed by atoms with Crippen LogP contribution in [0.5, 0.6) is 0 Å². The van der Waals surface area contributed by atoms with Crippen LogP contribution >= 0.6 is 0 Å². The Hall–Kier alpha value is -1.13. The molecule has 0 spiro atoms. The molecule has 0 radical (unpaired) electrons.